The second-order valence-electron chi connectivity index (χ2n) is 7.53. The average Bonchev–Trinajstić information content (AvgIpc) is 2.70. The molecule has 0 fully saturated rings. The van der Waals surface area contributed by atoms with E-state index in [1.165, 1.54) is 23.5 Å². The molecule has 0 atom stereocenters. The van der Waals surface area contributed by atoms with E-state index in [1.807, 2.05) is 25.1 Å². The third kappa shape index (κ3) is 6.06. The predicted octanol–water partition coefficient (Wildman–Crippen LogP) is 4.53. The van der Waals surface area contributed by atoms with Crippen molar-refractivity contribution in [3.8, 4) is 11.5 Å². The van der Waals surface area contributed by atoms with E-state index in [0.29, 0.717) is 24.6 Å². The first-order chi connectivity index (χ1) is 14.6. The van der Waals surface area contributed by atoms with Gasteiger partial charge in [0.05, 0.1) is 10.6 Å². The lowest BCUT2D eigenvalue weighted by molar-refractivity contribution is -0.119. The summed E-state index contributed by atoms with van der Waals surface area (Å²) in [4.78, 5) is 12.3. The number of anilines is 1. The second kappa shape index (κ2) is 10.7. The molecule has 0 heterocycles. The number of hydrogen-bond donors (Lipinski definition) is 1. The average molecular weight is 449 g/mol. The van der Waals surface area contributed by atoms with Crippen molar-refractivity contribution in [1.82, 2.24) is 4.31 Å². The van der Waals surface area contributed by atoms with E-state index in [-0.39, 0.29) is 23.1 Å². The molecule has 0 saturated carbocycles. The van der Waals surface area contributed by atoms with E-state index in [0.717, 1.165) is 11.1 Å². The van der Waals surface area contributed by atoms with Crippen LogP contribution in [0.5, 0.6) is 11.5 Å². The van der Waals surface area contributed by atoms with Gasteiger partial charge in [-0.3, -0.25) is 4.79 Å². The fourth-order valence-electron chi connectivity index (χ4n) is 3.21. The van der Waals surface area contributed by atoms with Gasteiger partial charge in [0.15, 0.2) is 5.75 Å². The molecule has 0 bridgehead atoms. The molecule has 0 radical (unpaired) electrons. The highest BCUT2D eigenvalue weighted by molar-refractivity contribution is 7.89. The van der Waals surface area contributed by atoms with Gasteiger partial charge in [-0.15, -0.1) is 0 Å². The SMILES string of the molecule is CCN(CC)S(=O)(=O)c1ccc(Oc2cc(C)ccc2C(C)C)c(NC(=O)COC)c1. The third-order valence-electron chi connectivity index (χ3n) is 4.85. The van der Waals surface area contributed by atoms with Crippen LogP contribution < -0.4 is 10.1 Å². The van der Waals surface area contributed by atoms with Gasteiger partial charge in [-0.2, -0.15) is 4.31 Å². The van der Waals surface area contributed by atoms with Gasteiger partial charge < -0.3 is 14.8 Å². The largest absolute Gasteiger partial charge is 0.455 e. The van der Waals surface area contributed by atoms with Crippen molar-refractivity contribution in [2.24, 2.45) is 0 Å². The Morgan fingerprint density at radius 1 is 1.06 bits per heavy atom. The predicted molar refractivity (Wildman–Crippen MR) is 122 cm³/mol. The van der Waals surface area contributed by atoms with E-state index >= 15 is 0 Å². The Bertz CT molecular complexity index is 1010. The van der Waals surface area contributed by atoms with E-state index in [9.17, 15) is 13.2 Å². The highest BCUT2D eigenvalue weighted by Crippen LogP contribution is 2.36. The standard InChI is InChI=1S/C23H32N2O5S/c1-7-25(8-2)31(27,28)18-10-12-21(20(14-18)24-23(26)15-29-6)30-22-13-17(5)9-11-19(22)16(3)4/h9-14,16H,7-8,15H2,1-6H3,(H,24,26). The molecule has 0 aromatic heterocycles. The Morgan fingerprint density at radius 3 is 2.32 bits per heavy atom. The maximum Gasteiger partial charge on any atom is 0.250 e. The molecule has 1 amide bonds. The van der Waals surface area contributed by atoms with Crippen LogP contribution in [0, 0.1) is 6.92 Å². The minimum Gasteiger partial charge on any atom is -0.455 e. The Morgan fingerprint density at radius 2 is 1.74 bits per heavy atom. The van der Waals surface area contributed by atoms with Gasteiger partial charge in [-0.1, -0.05) is 39.8 Å². The summed E-state index contributed by atoms with van der Waals surface area (Å²) < 4.78 is 38.4. The summed E-state index contributed by atoms with van der Waals surface area (Å²) in [5.41, 5.74) is 2.32. The van der Waals surface area contributed by atoms with Gasteiger partial charge in [-0.05, 0) is 48.2 Å². The van der Waals surface area contributed by atoms with Crippen molar-refractivity contribution in [2.75, 3.05) is 32.1 Å². The number of hydrogen-bond acceptors (Lipinski definition) is 5. The molecule has 170 valence electrons. The Kier molecular flexibility index (Phi) is 8.61. The maximum absolute atomic E-state index is 13.0. The number of methoxy groups -OCH3 is 1. The molecular weight excluding hydrogens is 416 g/mol. The van der Waals surface area contributed by atoms with Crippen LogP contribution in [0.3, 0.4) is 0 Å². The highest BCUT2D eigenvalue weighted by atomic mass is 32.2. The second-order valence-corrected chi connectivity index (χ2v) is 9.46. The van der Waals surface area contributed by atoms with E-state index in [4.69, 9.17) is 9.47 Å². The Balaban J connectivity index is 2.55. The van der Waals surface area contributed by atoms with Crippen LogP contribution in [0.25, 0.3) is 0 Å². The van der Waals surface area contributed by atoms with Crippen molar-refractivity contribution in [1.29, 1.82) is 0 Å². The number of nitrogens with one attached hydrogen (secondary N) is 1. The smallest absolute Gasteiger partial charge is 0.250 e. The minimum absolute atomic E-state index is 0.0876. The number of carbonyl (C=O) groups excluding carboxylic acids is 1. The van der Waals surface area contributed by atoms with Gasteiger partial charge in [0.1, 0.15) is 12.4 Å². The first-order valence-corrected chi connectivity index (χ1v) is 11.8. The Labute approximate surface area is 185 Å². The molecule has 0 spiro atoms. The van der Waals surface area contributed by atoms with Crippen molar-refractivity contribution < 1.29 is 22.7 Å². The van der Waals surface area contributed by atoms with Crippen molar-refractivity contribution in [2.45, 2.75) is 45.4 Å². The molecule has 1 N–H and O–H groups in total. The number of nitrogens with zero attached hydrogens (tertiary/aromatic N) is 1. The molecule has 31 heavy (non-hydrogen) atoms. The molecule has 0 unspecified atom stereocenters. The van der Waals surface area contributed by atoms with Crippen LogP contribution in [-0.2, 0) is 19.6 Å². The van der Waals surface area contributed by atoms with Gasteiger partial charge in [0.25, 0.3) is 0 Å². The summed E-state index contributed by atoms with van der Waals surface area (Å²) in [6.07, 6.45) is 0. The number of ether oxygens (including phenoxy) is 2. The first-order valence-electron chi connectivity index (χ1n) is 10.3. The normalized spacial score (nSPS) is 11.7. The molecule has 0 saturated heterocycles. The van der Waals surface area contributed by atoms with Crippen LogP contribution >= 0.6 is 0 Å². The number of carbonyl (C=O) groups is 1. The van der Waals surface area contributed by atoms with Crippen molar-refractivity contribution >= 4 is 21.6 Å². The van der Waals surface area contributed by atoms with Crippen LogP contribution in [0.1, 0.15) is 44.7 Å². The summed E-state index contributed by atoms with van der Waals surface area (Å²) in [7, 11) is -2.28. The highest BCUT2D eigenvalue weighted by Gasteiger charge is 2.24. The number of sulfonamides is 1. The lowest BCUT2D eigenvalue weighted by atomic mass is 10.0. The molecule has 2 aromatic carbocycles. The van der Waals surface area contributed by atoms with E-state index < -0.39 is 15.9 Å². The molecule has 0 aliphatic heterocycles. The lowest BCUT2D eigenvalue weighted by Crippen LogP contribution is -2.30. The monoisotopic (exact) mass is 448 g/mol. The maximum atomic E-state index is 13.0. The molecule has 7 nitrogen and oxygen atoms in total. The fourth-order valence-corrected chi connectivity index (χ4v) is 4.70. The fraction of sp³-hybridized carbons (Fsp3) is 0.435. The summed E-state index contributed by atoms with van der Waals surface area (Å²) in [6, 6.07) is 10.5. The summed E-state index contributed by atoms with van der Waals surface area (Å²) in [6.45, 7) is 10.2. The minimum atomic E-state index is -3.69. The summed E-state index contributed by atoms with van der Waals surface area (Å²) in [5, 5.41) is 2.71. The van der Waals surface area contributed by atoms with Crippen LogP contribution in [0.4, 0.5) is 5.69 Å². The van der Waals surface area contributed by atoms with Crippen LogP contribution in [0.15, 0.2) is 41.3 Å². The zero-order valence-electron chi connectivity index (χ0n) is 19.1. The number of aryl methyl sites for hydroxylation is 1. The van der Waals surface area contributed by atoms with E-state index in [1.54, 1.807) is 19.9 Å². The topological polar surface area (TPSA) is 84.9 Å². The van der Waals surface area contributed by atoms with E-state index in [2.05, 4.69) is 19.2 Å². The third-order valence-corrected chi connectivity index (χ3v) is 6.90. The van der Waals surface area contributed by atoms with Crippen molar-refractivity contribution in [3.63, 3.8) is 0 Å². The Hall–Kier alpha value is -2.42. The molecule has 8 heteroatoms. The molecule has 0 aliphatic carbocycles. The zero-order valence-corrected chi connectivity index (χ0v) is 19.9. The summed E-state index contributed by atoms with van der Waals surface area (Å²) in [5.74, 6) is 0.842. The van der Waals surface area contributed by atoms with Gasteiger partial charge in [-0.25, -0.2) is 8.42 Å². The number of benzene rings is 2. The van der Waals surface area contributed by atoms with Crippen LogP contribution in [-0.4, -0.2) is 45.4 Å². The molecular formula is C23H32N2O5S. The molecule has 2 rings (SSSR count). The number of amides is 1. The number of rotatable bonds is 10. The molecule has 0 aliphatic rings. The lowest BCUT2D eigenvalue weighted by Gasteiger charge is -2.21. The summed E-state index contributed by atoms with van der Waals surface area (Å²) >= 11 is 0. The van der Waals surface area contributed by atoms with Gasteiger partial charge in [0.2, 0.25) is 15.9 Å². The molecule has 2 aromatic rings. The zero-order chi connectivity index (χ0) is 23.2. The first kappa shape index (κ1) is 24.8. The van der Waals surface area contributed by atoms with Gasteiger partial charge >= 0.3 is 0 Å². The van der Waals surface area contributed by atoms with Crippen molar-refractivity contribution in [3.05, 3.63) is 47.5 Å². The quantitative estimate of drug-likeness (QED) is 0.577. The van der Waals surface area contributed by atoms with Gasteiger partial charge in [0, 0.05) is 20.2 Å². The van der Waals surface area contributed by atoms with Crippen LogP contribution in [0.2, 0.25) is 0 Å².